The Kier molecular flexibility index (Phi) is 2.34. The largest absolute Gasteiger partial charge is 0.390 e. The highest BCUT2D eigenvalue weighted by atomic mass is 16.5. The molecule has 1 aromatic carbocycles. The topological polar surface area (TPSA) is 29.5 Å². The summed E-state index contributed by atoms with van der Waals surface area (Å²) in [6.45, 7) is 1.91. The maximum absolute atomic E-state index is 9.50. The Morgan fingerprint density at radius 2 is 2.00 bits per heavy atom. The first-order chi connectivity index (χ1) is 6.27. The number of benzene rings is 1. The van der Waals surface area contributed by atoms with Crippen LogP contribution in [0, 0.1) is 0 Å². The van der Waals surface area contributed by atoms with Gasteiger partial charge in [0.05, 0.1) is 18.3 Å². The Labute approximate surface area is 78.2 Å². The monoisotopic (exact) mass is 178 g/mol. The number of rotatable bonds is 1. The number of hydrogen-bond donors (Lipinski definition) is 1. The molecule has 2 heteroatoms. The predicted octanol–water partition coefficient (Wildman–Crippen LogP) is 1.90. The lowest BCUT2D eigenvalue weighted by molar-refractivity contribution is 0.0217. The summed E-state index contributed by atoms with van der Waals surface area (Å²) in [4.78, 5) is 0. The molecule has 2 nitrogen and oxygen atoms in total. The number of ether oxygens (including phenoxy) is 1. The molecule has 1 N–H and O–H groups in total. The van der Waals surface area contributed by atoms with Gasteiger partial charge in [0.1, 0.15) is 0 Å². The molecule has 3 atom stereocenters. The van der Waals surface area contributed by atoms with Crippen molar-refractivity contribution in [3.63, 3.8) is 0 Å². The van der Waals surface area contributed by atoms with E-state index < -0.39 is 0 Å². The first-order valence-corrected chi connectivity index (χ1v) is 4.66. The smallest absolute Gasteiger partial charge is 0.0855 e. The lowest BCUT2D eigenvalue weighted by Crippen LogP contribution is -2.15. The Morgan fingerprint density at radius 3 is 2.54 bits per heavy atom. The summed E-state index contributed by atoms with van der Waals surface area (Å²) in [5.74, 6) is 0. The van der Waals surface area contributed by atoms with E-state index in [2.05, 4.69) is 0 Å². The summed E-state index contributed by atoms with van der Waals surface area (Å²) < 4.78 is 5.61. The Hall–Kier alpha value is -0.860. The van der Waals surface area contributed by atoms with Crippen LogP contribution in [0.15, 0.2) is 30.3 Å². The molecule has 0 saturated carbocycles. The van der Waals surface area contributed by atoms with E-state index in [9.17, 15) is 5.11 Å². The van der Waals surface area contributed by atoms with Crippen molar-refractivity contribution in [2.45, 2.75) is 31.7 Å². The van der Waals surface area contributed by atoms with Gasteiger partial charge in [0, 0.05) is 6.42 Å². The summed E-state index contributed by atoms with van der Waals surface area (Å²) in [5.41, 5.74) is 1.16. The van der Waals surface area contributed by atoms with E-state index in [0.29, 0.717) is 6.42 Å². The molecular weight excluding hydrogens is 164 g/mol. The van der Waals surface area contributed by atoms with Crippen molar-refractivity contribution >= 4 is 0 Å². The highest BCUT2D eigenvalue weighted by Crippen LogP contribution is 2.32. The molecular formula is C11H14O2. The van der Waals surface area contributed by atoms with Crippen molar-refractivity contribution in [2.75, 3.05) is 0 Å². The van der Waals surface area contributed by atoms with Crippen molar-refractivity contribution < 1.29 is 9.84 Å². The highest BCUT2D eigenvalue weighted by Gasteiger charge is 2.31. The van der Waals surface area contributed by atoms with E-state index in [-0.39, 0.29) is 18.3 Å². The van der Waals surface area contributed by atoms with Crippen LogP contribution < -0.4 is 0 Å². The van der Waals surface area contributed by atoms with Crippen LogP contribution in [-0.4, -0.2) is 17.3 Å². The first kappa shape index (κ1) is 8.73. The molecule has 70 valence electrons. The van der Waals surface area contributed by atoms with Crippen LogP contribution in [0.4, 0.5) is 0 Å². The van der Waals surface area contributed by atoms with Crippen molar-refractivity contribution in [1.82, 2.24) is 0 Å². The van der Waals surface area contributed by atoms with E-state index in [4.69, 9.17) is 4.74 Å². The minimum Gasteiger partial charge on any atom is -0.390 e. The van der Waals surface area contributed by atoms with Crippen LogP contribution in [-0.2, 0) is 4.74 Å². The van der Waals surface area contributed by atoms with Crippen LogP contribution in [0.3, 0.4) is 0 Å². The zero-order valence-electron chi connectivity index (χ0n) is 7.68. The van der Waals surface area contributed by atoms with Crippen LogP contribution in [0.2, 0.25) is 0 Å². The third-order valence-electron chi connectivity index (χ3n) is 2.55. The quantitative estimate of drug-likeness (QED) is 0.711. The standard InChI is InChI=1S/C11H14O2/c1-8-10(12)7-11(13-8)9-5-3-2-4-6-9/h2-6,8,10-12H,7H2,1H3/t8-,10-,11?/m0/s1. The van der Waals surface area contributed by atoms with Crippen LogP contribution in [0.25, 0.3) is 0 Å². The second-order valence-corrected chi connectivity index (χ2v) is 3.54. The van der Waals surface area contributed by atoms with Gasteiger partial charge in [-0.25, -0.2) is 0 Å². The van der Waals surface area contributed by atoms with E-state index in [1.165, 1.54) is 0 Å². The highest BCUT2D eigenvalue weighted by molar-refractivity contribution is 5.18. The first-order valence-electron chi connectivity index (χ1n) is 4.66. The number of hydrogen-bond acceptors (Lipinski definition) is 2. The molecule has 0 radical (unpaired) electrons. The Balaban J connectivity index is 2.12. The average molecular weight is 178 g/mol. The molecule has 1 fully saturated rings. The summed E-state index contributed by atoms with van der Waals surface area (Å²) in [7, 11) is 0. The van der Waals surface area contributed by atoms with Gasteiger partial charge in [-0.05, 0) is 12.5 Å². The molecule has 0 bridgehead atoms. The fourth-order valence-electron chi connectivity index (χ4n) is 1.70. The van der Waals surface area contributed by atoms with E-state index in [1.54, 1.807) is 0 Å². The minimum absolute atomic E-state index is 0.0368. The van der Waals surface area contributed by atoms with Crippen molar-refractivity contribution in [3.8, 4) is 0 Å². The molecule has 13 heavy (non-hydrogen) atoms. The second-order valence-electron chi connectivity index (χ2n) is 3.54. The van der Waals surface area contributed by atoms with Crippen LogP contribution in [0.5, 0.6) is 0 Å². The van der Waals surface area contributed by atoms with Gasteiger partial charge in [-0.2, -0.15) is 0 Å². The molecule has 1 aliphatic rings. The molecule has 0 spiro atoms. The normalized spacial score (nSPS) is 33.5. The predicted molar refractivity (Wildman–Crippen MR) is 50.4 cm³/mol. The van der Waals surface area contributed by atoms with Crippen LogP contribution >= 0.6 is 0 Å². The molecule has 1 aromatic rings. The maximum atomic E-state index is 9.50. The maximum Gasteiger partial charge on any atom is 0.0855 e. The van der Waals surface area contributed by atoms with Gasteiger partial charge in [0.2, 0.25) is 0 Å². The molecule has 0 aliphatic carbocycles. The van der Waals surface area contributed by atoms with E-state index in [1.807, 2.05) is 37.3 Å². The SMILES string of the molecule is C[C@@H]1OC(c2ccccc2)C[C@@H]1O. The van der Waals surface area contributed by atoms with Gasteiger partial charge in [0.15, 0.2) is 0 Å². The van der Waals surface area contributed by atoms with Gasteiger partial charge in [0.25, 0.3) is 0 Å². The van der Waals surface area contributed by atoms with Crippen molar-refractivity contribution in [2.24, 2.45) is 0 Å². The zero-order chi connectivity index (χ0) is 9.26. The summed E-state index contributed by atoms with van der Waals surface area (Å²) in [6.07, 6.45) is 0.437. The summed E-state index contributed by atoms with van der Waals surface area (Å²) in [5, 5.41) is 9.50. The molecule has 1 saturated heterocycles. The Morgan fingerprint density at radius 1 is 1.31 bits per heavy atom. The van der Waals surface area contributed by atoms with Gasteiger partial charge in [-0.3, -0.25) is 0 Å². The fraction of sp³-hybridized carbons (Fsp3) is 0.455. The fourth-order valence-corrected chi connectivity index (χ4v) is 1.70. The van der Waals surface area contributed by atoms with Crippen molar-refractivity contribution in [1.29, 1.82) is 0 Å². The average Bonchev–Trinajstić information content (AvgIpc) is 2.49. The van der Waals surface area contributed by atoms with E-state index in [0.717, 1.165) is 5.56 Å². The zero-order valence-corrected chi connectivity index (χ0v) is 7.68. The molecule has 0 aromatic heterocycles. The molecule has 1 unspecified atom stereocenters. The number of aliphatic hydroxyl groups is 1. The second kappa shape index (κ2) is 3.48. The van der Waals surface area contributed by atoms with Crippen molar-refractivity contribution in [3.05, 3.63) is 35.9 Å². The summed E-state index contributed by atoms with van der Waals surface area (Å²) >= 11 is 0. The lowest BCUT2D eigenvalue weighted by Gasteiger charge is -2.10. The minimum atomic E-state index is -0.315. The molecule has 2 rings (SSSR count). The lowest BCUT2D eigenvalue weighted by atomic mass is 10.1. The van der Waals surface area contributed by atoms with Crippen LogP contribution in [0.1, 0.15) is 25.0 Å². The van der Waals surface area contributed by atoms with Gasteiger partial charge in [-0.15, -0.1) is 0 Å². The van der Waals surface area contributed by atoms with E-state index >= 15 is 0 Å². The van der Waals surface area contributed by atoms with Gasteiger partial charge >= 0.3 is 0 Å². The molecule has 1 heterocycles. The van der Waals surface area contributed by atoms with Gasteiger partial charge < -0.3 is 9.84 Å². The Bertz CT molecular complexity index is 261. The third kappa shape index (κ3) is 1.74. The molecule has 0 amide bonds. The molecule has 1 aliphatic heterocycles. The third-order valence-corrected chi connectivity index (χ3v) is 2.55. The summed E-state index contributed by atoms with van der Waals surface area (Å²) in [6, 6.07) is 10.0. The van der Waals surface area contributed by atoms with Gasteiger partial charge in [-0.1, -0.05) is 30.3 Å². The number of aliphatic hydroxyl groups excluding tert-OH is 1.